The van der Waals surface area contributed by atoms with Gasteiger partial charge in [0.25, 0.3) is 0 Å². The van der Waals surface area contributed by atoms with Gasteiger partial charge in [0.2, 0.25) is 5.91 Å². The van der Waals surface area contributed by atoms with Crippen molar-refractivity contribution in [3.8, 4) is 0 Å². The van der Waals surface area contributed by atoms with Gasteiger partial charge in [-0.1, -0.05) is 0 Å². The Labute approximate surface area is 116 Å². The topological polar surface area (TPSA) is 45.2 Å². The van der Waals surface area contributed by atoms with Crippen LogP contribution in [0, 0.1) is 5.92 Å². The van der Waals surface area contributed by atoms with Crippen molar-refractivity contribution in [1.29, 1.82) is 0 Å². The fraction of sp³-hybridized carbons (Fsp3) is 0.538. The number of pyridine rings is 1. The maximum Gasteiger partial charge on any atom is 0.216 e. The third-order valence-electron chi connectivity index (χ3n) is 3.35. The lowest BCUT2D eigenvalue weighted by atomic mass is 9.96. The van der Waals surface area contributed by atoms with E-state index >= 15 is 0 Å². The van der Waals surface area contributed by atoms with Gasteiger partial charge in [0.15, 0.2) is 0 Å². The van der Waals surface area contributed by atoms with E-state index in [1.807, 2.05) is 18.5 Å². The van der Waals surface area contributed by atoms with Crippen molar-refractivity contribution in [2.45, 2.75) is 19.8 Å². The molecule has 0 radical (unpaired) electrons. The summed E-state index contributed by atoms with van der Waals surface area (Å²) >= 11 is 3.54. The quantitative estimate of drug-likeness (QED) is 0.930. The zero-order valence-corrected chi connectivity index (χ0v) is 12.1. The van der Waals surface area contributed by atoms with Crippen LogP contribution in [0.3, 0.4) is 0 Å². The van der Waals surface area contributed by atoms with Crippen molar-refractivity contribution < 1.29 is 4.79 Å². The molecule has 0 saturated carbocycles. The summed E-state index contributed by atoms with van der Waals surface area (Å²) in [5, 5.41) is 2.90. The Hall–Kier alpha value is -1.10. The number of halogens is 1. The summed E-state index contributed by atoms with van der Waals surface area (Å²) in [5.74, 6) is 0.667. The Kier molecular flexibility index (Phi) is 4.58. The molecule has 98 valence electrons. The molecule has 1 saturated heterocycles. The van der Waals surface area contributed by atoms with Crippen molar-refractivity contribution >= 4 is 27.5 Å². The average Bonchev–Trinajstić information content (AvgIpc) is 2.38. The molecule has 18 heavy (non-hydrogen) atoms. The SMILES string of the molecule is CC(=O)NCC1CCN(c2ccncc2Br)CC1. The summed E-state index contributed by atoms with van der Waals surface area (Å²) in [7, 11) is 0. The first-order valence-corrected chi connectivity index (χ1v) is 7.05. The largest absolute Gasteiger partial charge is 0.371 e. The summed E-state index contributed by atoms with van der Waals surface area (Å²) in [5.41, 5.74) is 1.21. The van der Waals surface area contributed by atoms with Crippen LogP contribution in [0.2, 0.25) is 0 Å². The molecule has 0 spiro atoms. The molecule has 0 unspecified atom stereocenters. The fourth-order valence-corrected chi connectivity index (χ4v) is 2.79. The maximum atomic E-state index is 10.9. The third-order valence-corrected chi connectivity index (χ3v) is 3.96. The Morgan fingerprint density at radius 1 is 1.56 bits per heavy atom. The highest BCUT2D eigenvalue weighted by Gasteiger charge is 2.20. The Balaban J connectivity index is 1.87. The number of rotatable bonds is 3. The second-order valence-electron chi connectivity index (χ2n) is 4.69. The van der Waals surface area contributed by atoms with Crippen molar-refractivity contribution in [2.75, 3.05) is 24.5 Å². The zero-order chi connectivity index (χ0) is 13.0. The molecule has 1 amide bonds. The fourth-order valence-electron chi connectivity index (χ4n) is 2.29. The van der Waals surface area contributed by atoms with Crippen LogP contribution in [0.1, 0.15) is 19.8 Å². The van der Waals surface area contributed by atoms with E-state index in [1.165, 1.54) is 5.69 Å². The van der Waals surface area contributed by atoms with Crippen molar-refractivity contribution in [2.24, 2.45) is 5.92 Å². The van der Waals surface area contributed by atoms with Crippen LogP contribution in [-0.2, 0) is 4.79 Å². The van der Waals surface area contributed by atoms with Gasteiger partial charge >= 0.3 is 0 Å². The first-order valence-electron chi connectivity index (χ1n) is 6.25. The maximum absolute atomic E-state index is 10.9. The monoisotopic (exact) mass is 311 g/mol. The smallest absolute Gasteiger partial charge is 0.216 e. The number of piperidine rings is 1. The Morgan fingerprint density at radius 3 is 2.89 bits per heavy atom. The average molecular weight is 312 g/mol. The molecule has 1 aromatic heterocycles. The number of hydrogen-bond donors (Lipinski definition) is 1. The lowest BCUT2D eigenvalue weighted by molar-refractivity contribution is -0.119. The van der Waals surface area contributed by atoms with Crippen LogP contribution in [0.25, 0.3) is 0 Å². The van der Waals surface area contributed by atoms with Gasteiger partial charge in [-0.3, -0.25) is 9.78 Å². The van der Waals surface area contributed by atoms with Gasteiger partial charge < -0.3 is 10.2 Å². The first kappa shape index (κ1) is 13.3. The molecular weight excluding hydrogens is 294 g/mol. The second-order valence-corrected chi connectivity index (χ2v) is 5.55. The molecule has 1 aromatic rings. The van der Waals surface area contributed by atoms with Gasteiger partial charge in [-0.2, -0.15) is 0 Å². The Bertz CT molecular complexity index is 416. The van der Waals surface area contributed by atoms with Gasteiger partial charge in [0.1, 0.15) is 0 Å². The summed E-state index contributed by atoms with van der Waals surface area (Å²) in [6, 6.07) is 2.04. The minimum Gasteiger partial charge on any atom is -0.371 e. The first-order chi connectivity index (χ1) is 8.66. The highest BCUT2D eigenvalue weighted by Crippen LogP contribution is 2.28. The van der Waals surface area contributed by atoms with E-state index in [0.29, 0.717) is 5.92 Å². The number of carbonyl (C=O) groups excluding carboxylic acids is 1. The lowest BCUT2D eigenvalue weighted by Gasteiger charge is -2.34. The van der Waals surface area contributed by atoms with E-state index in [4.69, 9.17) is 0 Å². The molecule has 2 heterocycles. The molecule has 4 nitrogen and oxygen atoms in total. The van der Waals surface area contributed by atoms with Gasteiger partial charge in [0.05, 0.1) is 10.2 Å². The summed E-state index contributed by atoms with van der Waals surface area (Å²) in [6.07, 6.45) is 5.90. The summed E-state index contributed by atoms with van der Waals surface area (Å²) in [4.78, 5) is 17.3. The van der Waals surface area contributed by atoms with Gasteiger partial charge in [-0.15, -0.1) is 0 Å². The van der Waals surface area contributed by atoms with E-state index in [0.717, 1.165) is 36.9 Å². The van der Waals surface area contributed by atoms with Gasteiger partial charge in [-0.05, 0) is 40.8 Å². The lowest BCUT2D eigenvalue weighted by Crippen LogP contribution is -2.38. The third kappa shape index (κ3) is 3.45. The van der Waals surface area contributed by atoms with E-state index < -0.39 is 0 Å². The standard InChI is InChI=1S/C13H18BrN3O/c1-10(18)16-8-11-3-6-17(7-4-11)13-2-5-15-9-12(13)14/h2,5,9,11H,3-4,6-8H2,1H3,(H,16,18). The number of carbonyl (C=O) groups is 1. The molecule has 1 fully saturated rings. The molecule has 0 atom stereocenters. The molecule has 0 aromatic carbocycles. The zero-order valence-electron chi connectivity index (χ0n) is 10.5. The summed E-state index contributed by atoms with van der Waals surface area (Å²) in [6.45, 7) is 4.45. The molecule has 1 aliphatic rings. The van der Waals surface area contributed by atoms with Crippen molar-refractivity contribution in [1.82, 2.24) is 10.3 Å². The molecule has 0 bridgehead atoms. The number of nitrogens with one attached hydrogen (secondary N) is 1. The van der Waals surface area contributed by atoms with Crippen LogP contribution in [0.15, 0.2) is 22.9 Å². The van der Waals surface area contributed by atoms with Crippen LogP contribution >= 0.6 is 15.9 Å². The van der Waals surface area contributed by atoms with Crippen LogP contribution in [-0.4, -0.2) is 30.5 Å². The van der Waals surface area contributed by atoms with E-state index in [-0.39, 0.29) is 5.91 Å². The molecular formula is C13H18BrN3O. The minimum absolute atomic E-state index is 0.0642. The van der Waals surface area contributed by atoms with Gasteiger partial charge in [0, 0.05) is 39.0 Å². The van der Waals surface area contributed by atoms with Crippen LogP contribution in [0.4, 0.5) is 5.69 Å². The molecule has 0 aliphatic carbocycles. The minimum atomic E-state index is 0.0642. The van der Waals surface area contributed by atoms with Crippen LogP contribution in [0.5, 0.6) is 0 Å². The summed E-state index contributed by atoms with van der Waals surface area (Å²) < 4.78 is 1.05. The number of anilines is 1. The van der Waals surface area contributed by atoms with E-state index in [1.54, 1.807) is 6.92 Å². The molecule has 1 N–H and O–H groups in total. The van der Waals surface area contributed by atoms with E-state index in [2.05, 4.69) is 31.1 Å². The molecule has 1 aliphatic heterocycles. The predicted octanol–water partition coefficient (Wildman–Crippen LogP) is 2.20. The van der Waals surface area contributed by atoms with Crippen LogP contribution < -0.4 is 10.2 Å². The number of nitrogens with zero attached hydrogens (tertiary/aromatic N) is 2. The highest BCUT2D eigenvalue weighted by molar-refractivity contribution is 9.10. The van der Waals surface area contributed by atoms with Gasteiger partial charge in [-0.25, -0.2) is 0 Å². The molecule has 5 heteroatoms. The highest BCUT2D eigenvalue weighted by atomic mass is 79.9. The second kappa shape index (κ2) is 6.18. The molecule has 2 rings (SSSR count). The van der Waals surface area contributed by atoms with E-state index in [9.17, 15) is 4.79 Å². The number of hydrogen-bond acceptors (Lipinski definition) is 3. The predicted molar refractivity (Wildman–Crippen MR) is 75.6 cm³/mol. The van der Waals surface area contributed by atoms with Crippen molar-refractivity contribution in [3.05, 3.63) is 22.9 Å². The van der Waals surface area contributed by atoms with Crippen molar-refractivity contribution in [3.63, 3.8) is 0 Å². The normalized spacial score (nSPS) is 16.7. The Morgan fingerprint density at radius 2 is 2.28 bits per heavy atom. The number of aromatic nitrogens is 1. The number of amides is 1.